The molecule has 0 bridgehead atoms. The molecule has 1 rings (SSSR count). The Bertz CT molecular complexity index is 388. The van der Waals surface area contributed by atoms with Gasteiger partial charge in [0.05, 0.1) is 0 Å². The SMILES string of the molecule is CCNc1nc(C)cc(C(=O)N(CC)CC)n1. The lowest BCUT2D eigenvalue weighted by atomic mass is 10.3. The number of hydrogen-bond donors (Lipinski definition) is 1. The number of rotatable bonds is 5. The molecule has 17 heavy (non-hydrogen) atoms. The molecule has 0 aliphatic heterocycles. The fourth-order valence-corrected chi connectivity index (χ4v) is 1.59. The molecule has 0 aromatic carbocycles. The maximum Gasteiger partial charge on any atom is 0.272 e. The van der Waals surface area contributed by atoms with Gasteiger partial charge in [0.2, 0.25) is 5.95 Å². The molecule has 1 aromatic rings. The number of hydrogen-bond acceptors (Lipinski definition) is 4. The molecule has 0 saturated carbocycles. The number of nitrogens with zero attached hydrogens (tertiary/aromatic N) is 3. The third-order valence-corrected chi connectivity index (χ3v) is 2.46. The van der Waals surface area contributed by atoms with Crippen LogP contribution in [0.25, 0.3) is 0 Å². The van der Waals surface area contributed by atoms with Gasteiger partial charge in [-0.1, -0.05) is 0 Å². The summed E-state index contributed by atoms with van der Waals surface area (Å²) in [5.74, 6) is 0.475. The minimum Gasteiger partial charge on any atom is -0.354 e. The molecule has 0 aliphatic carbocycles. The molecule has 5 nitrogen and oxygen atoms in total. The van der Waals surface area contributed by atoms with E-state index in [-0.39, 0.29) is 5.91 Å². The molecule has 94 valence electrons. The maximum absolute atomic E-state index is 12.1. The first kappa shape index (κ1) is 13.4. The van der Waals surface area contributed by atoms with Crippen molar-refractivity contribution in [1.82, 2.24) is 14.9 Å². The minimum absolute atomic E-state index is 0.0420. The Morgan fingerprint density at radius 1 is 1.29 bits per heavy atom. The first-order valence-electron chi connectivity index (χ1n) is 6.01. The van der Waals surface area contributed by atoms with E-state index >= 15 is 0 Å². The van der Waals surface area contributed by atoms with Crippen LogP contribution in [-0.4, -0.2) is 40.4 Å². The van der Waals surface area contributed by atoms with Gasteiger partial charge in [0.1, 0.15) is 5.69 Å². The fraction of sp³-hybridized carbons (Fsp3) is 0.583. The topological polar surface area (TPSA) is 58.1 Å². The van der Waals surface area contributed by atoms with Crippen molar-refractivity contribution >= 4 is 11.9 Å². The van der Waals surface area contributed by atoms with Crippen molar-refractivity contribution in [3.8, 4) is 0 Å². The molecule has 0 fully saturated rings. The van der Waals surface area contributed by atoms with Crippen LogP contribution in [0.15, 0.2) is 6.07 Å². The Morgan fingerprint density at radius 2 is 1.94 bits per heavy atom. The highest BCUT2D eigenvalue weighted by Gasteiger charge is 2.15. The number of carbonyl (C=O) groups is 1. The average molecular weight is 236 g/mol. The number of nitrogens with one attached hydrogen (secondary N) is 1. The summed E-state index contributed by atoms with van der Waals surface area (Å²) in [4.78, 5) is 22.3. The first-order valence-corrected chi connectivity index (χ1v) is 6.01. The molecule has 0 unspecified atom stereocenters. The first-order chi connectivity index (χ1) is 8.12. The predicted molar refractivity (Wildman–Crippen MR) is 68.2 cm³/mol. The number of aromatic nitrogens is 2. The van der Waals surface area contributed by atoms with Gasteiger partial charge in [-0.25, -0.2) is 9.97 Å². The van der Waals surface area contributed by atoms with Crippen LogP contribution in [0.1, 0.15) is 37.0 Å². The smallest absolute Gasteiger partial charge is 0.272 e. The van der Waals surface area contributed by atoms with Gasteiger partial charge in [0.25, 0.3) is 5.91 Å². The van der Waals surface area contributed by atoms with Gasteiger partial charge in [-0.3, -0.25) is 4.79 Å². The van der Waals surface area contributed by atoms with Crippen molar-refractivity contribution in [2.24, 2.45) is 0 Å². The highest BCUT2D eigenvalue weighted by atomic mass is 16.2. The monoisotopic (exact) mass is 236 g/mol. The Balaban J connectivity index is 3.00. The van der Waals surface area contributed by atoms with Crippen LogP contribution in [-0.2, 0) is 0 Å². The van der Waals surface area contributed by atoms with Crippen LogP contribution in [0.2, 0.25) is 0 Å². The highest BCUT2D eigenvalue weighted by molar-refractivity contribution is 5.92. The summed E-state index contributed by atoms with van der Waals surface area (Å²) >= 11 is 0. The minimum atomic E-state index is -0.0420. The molecule has 1 heterocycles. The summed E-state index contributed by atoms with van der Waals surface area (Å²) in [6.07, 6.45) is 0. The van der Waals surface area contributed by atoms with Crippen LogP contribution < -0.4 is 5.32 Å². The Kier molecular flexibility index (Phi) is 4.87. The largest absolute Gasteiger partial charge is 0.354 e. The van der Waals surface area contributed by atoms with Crippen molar-refractivity contribution < 1.29 is 4.79 Å². The van der Waals surface area contributed by atoms with Gasteiger partial charge < -0.3 is 10.2 Å². The lowest BCUT2D eigenvalue weighted by Gasteiger charge is -2.18. The molecular formula is C12H20N4O. The summed E-state index contributed by atoms with van der Waals surface area (Å²) in [7, 11) is 0. The molecule has 1 N–H and O–H groups in total. The zero-order chi connectivity index (χ0) is 12.8. The van der Waals surface area contributed by atoms with E-state index in [2.05, 4.69) is 15.3 Å². The van der Waals surface area contributed by atoms with Crippen LogP contribution >= 0.6 is 0 Å². The van der Waals surface area contributed by atoms with Gasteiger partial charge in [0.15, 0.2) is 0 Å². The molecule has 0 atom stereocenters. The lowest BCUT2D eigenvalue weighted by molar-refractivity contribution is 0.0767. The molecule has 5 heteroatoms. The van der Waals surface area contributed by atoms with Crippen molar-refractivity contribution in [3.63, 3.8) is 0 Å². The number of aryl methyl sites for hydroxylation is 1. The summed E-state index contributed by atoms with van der Waals surface area (Å²) in [6, 6.07) is 1.72. The van der Waals surface area contributed by atoms with Crippen LogP contribution in [0.5, 0.6) is 0 Å². The fourth-order valence-electron chi connectivity index (χ4n) is 1.59. The van der Waals surface area contributed by atoms with Gasteiger partial charge in [-0.05, 0) is 33.8 Å². The standard InChI is InChI=1S/C12H20N4O/c1-5-13-12-14-9(4)8-10(15-12)11(17)16(6-2)7-3/h8H,5-7H2,1-4H3,(H,13,14,15). The zero-order valence-electron chi connectivity index (χ0n) is 10.9. The summed E-state index contributed by atoms with van der Waals surface area (Å²) in [5.41, 5.74) is 1.25. The number of anilines is 1. The van der Waals surface area contributed by atoms with E-state index in [1.807, 2.05) is 27.7 Å². The highest BCUT2D eigenvalue weighted by Crippen LogP contribution is 2.07. The van der Waals surface area contributed by atoms with Crippen LogP contribution in [0.4, 0.5) is 5.95 Å². The van der Waals surface area contributed by atoms with E-state index in [4.69, 9.17) is 0 Å². The molecule has 0 radical (unpaired) electrons. The van der Waals surface area contributed by atoms with Crippen molar-refractivity contribution in [1.29, 1.82) is 0 Å². The van der Waals surface area contributed by atoms with Crippen molar-refractivity contribution in [3.05, 3.63) is 17.5 Å². The van der Waals surface area contributed by atoms with E-state index < -0.39 is 0 Å². The summed E-state index contributed by atoms with van der Waals surface area (Å²) in [6.45, 7) is 9.87. The van der Waals surface area contributed by atoms with Crippen molar-refractivity contribution in [2.45, 2.75) is 27.7 Å². The number of amides is 1. The Labute approximate surface area is 102 Å². The summed E-state index contributed by atoms with van der Waals surface area (Å²) in [5, 5.41) is 3.03. The lowest BCUT2D eigenvalue weighted by Crippen LogP contribution is -2.31. The molecule has 1 aromatic heterocycles. The van der Waals surface area contributed by atoms with E-state index in [1.165, 1.54) is 0 Å². The average Bonchev–Trinajstić information content (AvgIpc) is 2.30. The quantitative estimate of drug-likeness (QED) is 0.845. The van der Waals surface area contributed by atoms with Gasteiger partial charge >= 0.3 is 0 Å². The second-order valence-corrected chi connectivity index (χ2v) is 3.73. The second-order valence-electron chi connectivity index (χ2n) is 3.73. The third kappa shape index (κ3) is 3.41. The van der Waals surface area contributed by atoms with E-state index in [1.54, 1.807) is 11.0 Å². The molecule has 1 amide bonds. The van der Waals surface area contributed by atoms with Crippen LogP contribution in [0, 0.1) is 6.92 Å². The van der Waals surface area contributed by atoms with Crippen LogP contribution in [0.3, 0.4) is 0 Å². The molecule has 0 aliphatic rings. The zero-order valence-corrected chi connectivity index (χ0v) is 10.9. The van der Waals surface area contributed by atoms with Crippen molar-refractivity contribution in [2.75, 3.05) is 25.0 Å². The predicted octanol–water partition coefficient (Wildman–Crippen LogP) is 1.70. The second kappa shape index (κ2) is 6.18. The molecule has 0 spiro atoms. The van der Waals surface area contributed by atoms with Gasteiger partial charge in [0, 0.05) is 25.3 Å². The molecular weight excluding hydrogens is 216 g/mol. The Morgan fingerprint density at radius 3 is 2.47 bits per heavy atom. The third-order valence-electron chi connectivity index (χ3n) is 2.46. The normalized spacial score (nSPS) is 10.1. The summed E-state index contributed by atoms with van der Waals surface area (Å²) < 4.78 is 0. The Hall–Kier alpha value is -1.65. The van der Waals surface area contributed by atoms with E-state index in [0.29, 0.717) is 24.7 Å². The van der Waals surface area contributed by atoms with E-state index in [9.17, 15) is 4.79 Å². The maximum atomic E-state index is 12.1. The van der Waals surface area contributed by atoms with E-state index in [0.717, 1.165) is 12.2 Å². The van der Waals surface area contributed by atoms with Gasteiger partial charge in [-0.15, -0.1) is 0 Å². The van der Waals surface area contributed by atoms with Gasteiger partial charge in [-0.2, -0.15) is 0 Å². The number of carbonyl (C=O) groups excluding carboxylic acids is 1. The molecule has 0 saturated heterocycles.